The number of anilines is 1. The predicted molar refractivity (Wildman–Crippen MR) is 86.0 cm³/mol. The highest BCUT2D eigenvalue weighted by Crippen LogP contribution is 2.21. The molecule has 1 amide bonds. The largest absolute Gasteiger partial charge is 0.480 e. The van der Waals surface area contributed by atoms with Gasteiger partial charge in [0.1, 0.15) is 11.9 Å². The first kappa shape index (κ1) is 16.9. The van der Waals surface area contributed by atoms with Crippen LogP contribution in [0, 0.1) is 5.92 Å². The van der Waals surface area contributed by atoms with E-state index < -0.39 is 12.0 Å². The van der Waals surface area contributed by atoms with Crippen LogP contribution >= 0.6 is 0 Å². The molecule has 1 aliphatic rings. The van der Waals surface area contributed by atoms with Crippen LogP contribution in [0.25, 0.3) is 0 Å². The molecule has 0 radical (unpaired) electrons. The van der Waals surface area contributed by atoms with Crippen molar-refractivity contribution in [1.29, 1.82) is 0 Å². The summed E-state index contributed by atoms with van der Waals surface area (Å²) >= 11 is 0. The molecule has 1 aliphatic heterocycles. The van der Waals surface area contributed by atoms with E-state index in [1.165, 1.54) is 0 Å². The second-order valence-corrected chi connectivity index (χ2v) is 5.53. The minimum atomic E-state index is -1.01. The highest BCUT2D eigenvalue weighted by molar-refractivity contribution is 5.85. The Hall–Kier alpha value is -2.44. The maximum absolute atomic E-state index is 12.3. The Labute approximate surface area is 135 Å². The van der Waals surface area contributed by atoms with Gasteiger partial charge in [0, 0.05) is 31.4 Å². The lowest BCUT2D eigenvalue weighted by atomic mass is 9.95. The van der Waals surface area contributed by atoms with Gasteiger partial charge in [-0.2, -0.15) is 0 Å². The number of aromatic nitrogens is 2. The van der Waals surface area contributed by atoms with Crippen molar-refractivity contribution >= 4 is 17.7 Å². The molecule has 0 saturated carbocycles. The van der Waals surface area contributed by atoms with Gasteiger partial charge in [0.25, 0.3) is 0 Å². The summed E-state index contributed by atoms with van der Waals surface area (Å²) in [5, 5.41) is 11.8. The first-order valence-electron chi connectivity index (χ1n) is 7.77. The molecular formula is C16H22N4O3. The number of nitrogens with zero attached hydrogens (tertiary/aromatic N) is 3. The Morgan fingerprint density at radius 2 is 2.17 bits per heavy atom. The fourth-order valence-electron chi connectivity index (χ4n) is 2.61. The molecule has 0 aromatic carbocycles. The SMILES string of the molecule is C/C=C/CC(NC(=O)C1CCN(c2cnccn2)CC1)C(=O)O. The quantitative estimate of drug-likeness (QED) is 0.766. The Bertz CT molecular complexity index is 554. The number of hydrogen-bond acceptors (Lipinski definition) is 5. The van der Waals surface area contributed by atoms with Crippen LogP contribution in [0.1, 0.15) is 26.2 Å². The number of allylic oxidation sites excluding steroid dienone is 1. The van der Waals surface area contributed by atoms with Crippen LogP contribution in [-0.4, -0.2) is 46.1 Å². The van der Waals surface area contributed by atoms with Crippen molar-refractivity contribution in [3.05, 3.63) is 30.7 Å². The van der Waals surface area contributed by atoms with Crippen LogP contribution in [-0.2, 0) is 9.59 Å². The summed E-state index contributed by atoms with van der Waals surface area (Å²) in [6, 6.07) is -0.864. The number of nitrogens with one attached hydrogen (secondary N) is 1. The van der Waals surface area contributed by atoms with E-state index in [9.17, 15) is 9.59 Å². The lowest BCUT2D eigenvalue weighted by Gasteiger charge is -2.32. The Balaban J connectivity index is 1.86. The summed E-state index contributed by atoms with van der Waals surface area (Å²) in [5.74, 6) is -0.535. The molecule has 0 spiro atoms. The number of carboxylic acid groups (broad SMARTS) is 1. The van der Waals surface area contributed by atoms with Gasteiger partial charge in [-0.25, -0.2) is 9.78 Å². The first-order valence-corrected chi connectivity index (χ1v) is 7.77. The molecule has 2 heterocycles. The van der Waals surface area contributed by atoms with Crippen molar-refractivity contribution in [3.8, 4) is 0 Å². The van der Waals surface area contributed by atoms with Crippen LogP contribution in [0.5, 0.6) is 0 Å². The van der Waals surface area contributed by atoms with Gasteiger partial charge in [-0.3, -0.25) is 9.78 Å². The highest BCUT2D eigenvalue weighted by Gasteiger charge is 2.28. The average molecular weight is 318 g/mol. The van der Waals surface area contributed by atoms with Crippen LogP contribution in [0.4, 0.5) is 5.82 Å². The van der Waals surface area contributed by atoms with Gasteiger partial charge in [-0.15, -0.1) is 0 Å². The Morgan fingerprint density at radius 3 is 2.74 bits per heavy atom. The summed E-state index contributed by atoms with van der Waals surface area (Å²) in [6.07, 6.45) is 10.2. The minimum Gasteiger partial charge on any atom is -0.480 e. The van der Waals surface area contributed by atoms with Gasteiger partial charge in [0.15, 0.2) is 0 Å². The smallest absolute Gasteiger partial charge is 0.326 e. The van der Waals surface area contributed by atoms with Gasteiger partial charge in [0.2, 0.25) is 5.91 Å². The van der Waals surface area contributed by atoms with Crippen molar-refractivity contribution in [2.45, 2.75) is 32.2 Å². The molecule has 1 aromatic rings. The first-order chi connectivity index (χ1) is 11.1. The number of aliphatic carboxylic acids is 1. The number of rotatable bonds is 6. The molecule has 1 atom stereocenters. The van der Waals surface area contributed by atoms with E-state index in [-0.39, 0.29) is 11.8 Å². The third-order valence-electron chi connectivity index (χ3n) is 3.96. The monoisotopic (exact) mass is 318 g/mol. The summed E-state index contributed by atoms with van der Waals surface area (Å²) in [6.45, 7) is 3.25. The molecule has 7 nitrogen and oxygen atoms in total. The summed E-state index contributed by atoms with van der Waals surface area (Å²) in [7, 11) is 0. The molecule has 23 heavy (non-hydrogen) atoms. The molecule has 2 N–H and O–H groups in total. The van der Waals surface area contributed by atoms with E-state index in [1.54, 1.807) is 30.7 Å². The molecule has 1 saturated heterocycles. The summed E-state index contributed by atoms with van der Waals surface area (Å²) in [5.41, 5.74) is 0. The van der Waals surface area contributed by atoms with E-state index >= 15 is 0 Å². The maximum Gasteiger partial charge on any atom is 0.326 e. The molecule has 0 bridgehead atoms. The number of carboxylic acids is 1. The Kier molecular flexibility index (Phi) is 6.08. The topological polar surface area (TPSA) is 95.4 Å². The van der Waals surface area contributed by atoms with Crippen molar-refractivity contribution in [2.24, 2.45) is 5.92 Å². The third-order valence-corrected chi connectivity index (χ3v) is 3.96. The maximum atomic E-state index is 12.3. The van der Waals surface area contributed by atoms with E-state index in [0.717, 1.165) is 5.82 Å². The lowest BCUT2D eigenvalue weighted by Crippen LogP contribution is -2.46. The van der Waals surface area contributed by atoms with Crippen LogP contribution < -0.4 is 10.2 Å². The van der Waals surface area contributed by atoms with Crippen molar-refractivity contribution < 1.29 is 14.7 Å². The number of carbonyl (C=O) groups is 2. The standard InChI is InChI=1S/C16H22N4O3/c1-2-3-4-13(16(22)23)19-15(21)12-5-9-20(10-6-12)14-11-17-7-8-18-14/h2-3,7-8,11-13H,4-6,9-10H2,1H3,(H,19,21)(H,22,23)/b3-2+. The molecule has 1 aromatic heterocycles. The predicted octanol–water partition coefficient (Wildman–Crippen LogP) is 1.23. The third kappa shape index (κ3) is 4.77. The van der Waals surface area contributed by atoms with E-state index in [4.69, 9.17) is 5.11 Å². The zero-order chi connectivity index (χ0) is 16.7. The van der Waals surface area contributed by atoms with Crippen LogP contribution in [0.3, 0.4) is 0 Å². The second-order valence-electron chi connectivity index (χ2n) is 5.53. The number of piperidine rings is 1. The van der Waals surface area contributed by atoms with Gasteiger partial charge >= 0.3 is 5.97 Å². The molecule has 1 unspecified atom stereocenters. The number of hydrogen-bond donors (Lipinski definition) is 2. The van der Waals surface area contributed by atoms with Crippen molar-refractivity contribution in [3.63, 3.8) is 0 Å². The minimum absolute atomic E-state index is 0.157. The second kappa shape index (κ2) is 8.26. The lowest BCUT2D eigenvalue weighted by molar-refractivity contribution is -0.142. The summed E-state index contributed by atoms with van der Waals surface area (Å²) < 4.78 is 0. The zero-order valence-electron chi connectivity index (χ0n) is 13.2. The fraction of sp³-hybridized carbons (Fsp3) is 0.500. The highest BCUT2D eigenvalue weighted by atomic mass is 16.4. The van der Waals surface area contributed by atoms with E-state index in [0.29, 0.717) is 32.4 Å². The number of carbonyl (C=O) groups excluding carboxylic acids is 1. The summed E-state index contributed by atoms with van der Waals surface area (Å²) in [4.78, 5) is 33.9. The fourth-order valence-corrected chi connectivity index (χ4v) is 2.61. The normalized spacial score (nSPS) is 17.2. The van der Waals surface area contributed by atoms with E-state index in [1.807, 2.05) is 6.92 Å². The van der Waals surface area contributed by atoms with Crippen LogP contribution in [0.2, 0.25) is 0 Å². The van der Waals surface area contributed by atoms with Crippen molar-refractivity contribution in [1.82, 2.24) is 15.3 Å². The molecule has 1 fully saturated rings. The van der Waals surface area contributed by atoms with Crippen molar-refractivity contribution in [2.75, 3.05) is 18.0 Å². The molecule has 7 heteroatoms. The molecule has 124 valence electrons. The zero-order valence-corrected chi connectivity index (χ0v) is 13.2. The van der Waals surface area contributed by atoms with Crippen LogP contribution in [0.15, 0.2) is 30.7 Å². The van der Waals surface area contributed by atoms with Gasteiger partial charge in [-0.05, 0) is 26.2 Å². The van der Waals surface area contributed by atoms with E-state index in [2.05, 4.69) is 20.2 Å². The molecule has 0 aliphatic carbocycles. The molecular weight excluding hydrogens is 296 g/mol. The van der Waals surface area contributed by atoms with Gasteiger partial charge < -0.3 is 15.3 Å². The molecule has 2 rings (SSSR count). The Morgan fingerprint density at radius 1 is 1.43 bits per heavy atom. The van der Waals surface area contributed by atoms with Gasteiger partial charge in [0.05, 0.1) is 6.20 Å². The average Bonchev–Trinajstić information content (AvgIpc) is 2.59. The number of amides is 1. The van der Waals surface area contributed by atoms with Gasteiger partial charge in [-0.1, -0.05) is 12.2 Å².